The zero-order valence-corrected chi connectivity index (χ0v) is 13.3. The number of piperidine rings is 1. The van der Waals surface area contributed by atoms with Crippen molar-refractivity contribution in [3.63, 3.8) is 0 Å². The smallest absolute Gasteiger partial charge is 0.410 e. The minimum atomic E-state index is -0.963. The van der Waals surface area contributed by atoms with Crippen molar-refractivity contribution >= 4 is 6.09 Å². The number of nitrogens with zero attached hydrogens (tertiary/aromatic N) is 3. The summed E-state index contributed by atoms with van der Waals surface area (Å²) in [5.41, 5.74) is -1.42. The summed E-state index contributed by atoms with van der Waals surface area (Å²) in [5.74, 6) is 0.657. The fourth-order valence-corrected chi connectivity index (χ4v) is 2.47. The molecule has 0 bridgehead atoms. The second-order valence-corrected chi connectivity index (χ2v) is 6.36. The lowest BCUT2D eigenvalue weighted by Crippen LogP contribution is -2.47. The zero-order chi connectivity index (χ0) is 15.7. The van der Waals surface area contributed by atoms with Gasteiger partial charge in [-0.3, -0.25) is 0 Å². The number of ether oxygens (including phenoxy) is 1. The Hall–Kier alpha value is -1.56. The van der Waals surface area contributed by atoms with Gasteiger partial charge in [0.1, 0.15) is 17.0 Å². The Morgan fingerprint density at radius 2 is 2.10 bits per heavy atom. The topological polar surface area (TPSA) is 67.6 Å². The van der Waals surface area contributed by atoms with Crippen LogP contribution >= 0.6 is 0 Å². The highest BCUT2D eigenvalue weighted by molar-refractivity contribution is 5.68. The van der Waals surface area contributed by atoms with E-state index in [-0.39, 0.29) is 6.09 Å². The molecule has 1 amide bonds. The molecule has 2 rings (SSSR count). The summed E-state index contributed by atoms with van der Waals surface area (Å²) in [6.45, 7) is 6.74. The lowest BCUT2D eigenvalue weighted by atomic mass is 9.90. The first-order valence-corrected chi connectivity index (χ1v) is 7.45. The molecule has 2 heterocycles. The third kappa shape index (κ3) is 3.37. The summed E-state index contributed by atoms with van der Waals surface area (Å²) in [6.07, 6.45) is 4.90. The normalized spacial score (nSPS) is 18.6. The fourth-order valence-electron chi connectivity index (χ4n) is 2.47. The number of hydrogen-bond acceptors (Lipinski definition) is 4. The molecule has 0 aromatic carbocycles. The highest BCUT2D eigenvalue weighted by Gasteiger charge is 2.39. The predicted octanol–water partition coefficient (Wildman–Crippen LogP) is 2.03. The van der Waals surface area contributed by atoms with E-state index in [9.17, 15) is 9.90 Å². The number of amides is 1. The van der Waals surface area contributed by atoms with Gasteiger partial charge >= 0.3 is 6.09 Å². The molecule has 1 saturated heterocycles. The number of rotatable bonds is 3. The van der Waals surface area contributed by atoms with Crippen molar-refractivity contribution in [2.24, 2.45) is 7.05 Å². The number of aryl methyl sites for hydroxylation is 1. The Balaban J connectivity index is 1.97. The third-order valence-corrected chi connectivity index (χ3v) is 4.30. The number of aromatic nitrogens is 2. The highest BCUT2D eigenvalue weighted by Crippen LogP contribution is 2.32. The van der Waals surface area contributed by atoms with Gasteiger partial charge in [0.05, 0.1) is 0 Å². The SMILES string of the molecule is CCC(C)(C)OC(=O)N1CCC(O)(c2nccn2C)CC1. The molecule has 1 aliphatic rings. The van der Waals surface area contributed by atoms with Gasteiger partial charge < -0.3 is 19.3 Å². The quantitative estimate of drug-likeness (QED) is 0.926. The summed E-state index contributed by atoms with van der Waals surface area (Å²) in [7, 11) is 1.87. The molecule has 1 aromatic rings. The van der Waals surface area contributed by atoms with Crippen LogP contribution in [0.15, 0.2) is 12.4 Å². The van der Waals surface area contributed by atoms with E-state index >= 15 is 0 Å². The molecule has 118 valence electrons. The van der Waals surface area contributed by atoms with Crippen LogP contribution in [0.4, 0.5) is 4.79 Å². The zero-order valence-electron chi connectivity index (χ0n) is 13.3. The predicted molar refractivity (Wildman–Crippen MR) is 78.8 cm³/mol. The number of carbonyl (C=O) groups is 1. The summed E-state index contributed by atoms with van der Waals surface area (Å²) in [6, 6.07) is 0. The van der Waals surface area contributed by atoms with E-state index in [1.807, 2.05) is 38.6 Å². The maximum atomic E-state index is 12.1. The van der Waals surface area contributed by atoms with E-state index in [1.54, 1.807) is 11.1 Å². The van der Waals surface area contributed by atoms with Crippen molar-refractivity contribution < 1.29 is 14.6 Å². The number of carbonyl (C=O) groups excluding carboxylic acids is 1. The Morgan fingerprint density at radius 3 is 2.57 bits per heavy atom. The van der Waals surface area contributed by atoms with Crippen molar-refractivity contribution in [3.8, 4) is 0 Å². The number of aliphatic hydroxyl groups is 1. The fraction of sp³-hybridized carbons (Fsp3) is 0.733. The summed E-state index contributed by atoms with van der Waals surface area (Å²) in [4.78, 5) is 18.0. The standard InChI is InChI=1S/C15H25N3O3/c1-5-14(2,3)21-13(19)18-9-6-15(20,7-10-18)12-16-8-11-17(12)4/h8,11,20H,5-7,9-10H2,1-4H3. The average Bonchev–Trinajstić information content (AvgIpc) is 2.86. The summed E-state index contributed by atoms with van der Waals surface area (Å²) in [5, 5.41) is 10.7. The van der Waals surface area contributed by atoms with E-state index in [2.05, 4.69) is 4.98 Å². The Labute approximate surface area is 125 Å². The molecule has 21 heavy (non-hydrogen) atoms. The highest BCUT2D eigenvalue weighted by atomic mass is 16.6. The van der Waals surface area contributed by atoms with Crippen LogP contribution in [0.25, 0.3) is 0 Å². The lowest BCUT2D eigenvalue weighted by Gasteiger charge is -2.38. The summed E-state index contributed by atoms with van der Waals surface area (Å²) < 4.78 is 7.32. The van der Waals surface area contributed by atoms with Gasteiger partial charge in [0.25, 0.3) is 0 Å². The van der Waals surface area contributed by atoms with Crippen LogP contribution in [0, 0.1) is 0 Å². The maximum Gasteiger partial charge on any atom is 0.410 e. The van der Waals surface area contributed by atoms with Gasteiger partial charge in [-0.1, -0.05) is 6.92 Å². The van der Waals surface area contributed by atoms with Gasteiger partial charge in [-0.25, -0.2) is 9.78 Å². The van der Waals surface area contributed by atoms with Crippen LogP contribution in [-0.4, -0.2) is 44.3 Å². The second kappa shape index (κ2) is 5.67. The van der Waals surface area contributed by atoms with Crippen LogP contribution in [-0.2, 0) is 17.4 Å². The summed E-state index contributed by atoms with van der Waals surface area (Å²) >= 11 is 0. The molecule has 0 unspecified atom stereocenters. The molecule has 1 aliphatic heterocycles. The maximum absolute atomic E-state index is 12.1. The van der Waals surface area contributed by atoms with Crippen molar-refractivity contribution in [3.05, 3.63) is 18.2 Å². The van der Waals surface area contributed by atoms with E-state index in [4.69, 9.17) is 4.74 Å². The minimum absolute atomic E-state index is 0.302. The molecule has 6 heteroatoms. The van der Waals surface area contributed by atoms with Gasteiger partial charge in [-0.05, 0) is 20.3 Å². The Kier molecular flexibility index (Phi) is 4.27. The lowest BCUT2D eigenvalue weighted by molar-refractivity contribution is -0.0450. The van der Waals surface area contributed by atoms with Gasteiger partial charge in [-0.15, -0.1) is 0 Å². The van der Waals surface area contributed by atoms with Gasteiger partial charge in [0.2, 0.25) is 0 Å². The van der Waals surface area contributed by atoms with Crippen LogP contribution in [0.2, 0.25) is 0 Å². The van der Waals surface area contributed by atoms with Gasteiger partial charge in [0.15, 0.2) is 0 Å². The van der Waals surface area contributed by atoms with Crippen LogP contribution < -0.4 is 0 Å². The molecular formula is C15H25N3O3. The molecule has 0 radical (unpaired) electrons. The molecule has 0 atom stereocenters. The minimum Gasteiger partial charge on any atom is -0.443 e. The molecule has 1 N–H and O–H groups in total. The number of likely N-dealkylation sites (tertiary alicyclic amines) is 1. The van der Waals surface area contributed by atoms with Crippen molar-refractivity contribution in [1.29, 1.82) is 0 Å². The molecule has 6 nitrogen and oxygen atoms in total. The molecule has 0 aliphatic carbocycles. The first-order chi connectivity index (χ1) is 9.77. The second-order valence-electron chi connectivity index (χ2n) is 6.36. The van der Waals surface area contributed by atoms with Crippen LogP contribution in [0.5, 0.6) is 0 Å². The monoisotopic (exact) mass is 295 g/mol. The Bertz CT molecular complexity index is 502. The first-order valence-electron chi connectivity index (χ1n) is 7.45. The largest absolute Gasteiger partial charge is 0.443 e. The van der Waals surface area contributed by atoms with Crippen molar-refractivity contribution in [2.45, 2.75) is 51.2 Å². The van der Waals surface area contributed by atoms with Gasteiger partial charge in [0, 0.05) is 45.4 Å². The van der Waals surface area contributed by atoms with E-state index < -0.39 is 11.2 Å². The molecule has 0 spiro atoms. The van der Waals surface area contributed by atoms with Crippen LogP contribution in [0.1, 0.15) is 45.9 Å². The van der Waals surface area contributed by atoms with E-state index in [0.717, 1.165) is 6.42 Å². The van der Waals surface area contributed by atoms with Crippen molar-refractivity contribution in [1.82, 2.24) is 14.5 Å². The Morgan fingerprint density at radius 1 is 1.48 bits per heavy atom. The number of hydrogen-bond donors (Lipinski definition) is 1. The van der Waals surface area contributed by atoms with E-state index in [0.29, 0.717) is 31.8 Å². The molecular weight excluding hydrogens is 270 g/mol. The first kappa shape index (κ1) is 15.8. The third-order valence-electron chi connectivity index (χ3n) is 4.30. The molecule has 1 aromatic heterocycles. The molecule has 0 saturated carbocycles. The molecule has 1 fully saturated rings. The van der Waals surface area contributed by atoms with E-state index in [1.165, 1.54) is 0 Å². The van der Waals surface area contributed by atoms with Crippen molar-refractivity contribution in [2.75, 3.05) is 13.1 Å². The number of imidazole rings is 1. The average molecular weight is 295 g/mol. The van der Waals surface area contributed by atoms with Gasteiger partial charge in [-0.2, -0.15) is 0 Å². The van der Waals surface area contributed by atoms with Crippen LogP contribution in [0.3, 0.4) is 0 Å².